The first-order chi connectivity index (χ1) is 9.61. The van der Waals surface area contributed by atoms with Crippen molar-refractivity contribution < 1.29 is 9.53 Å². The van der Waals surface area contributed by atoms with Gasteiger partial charge in [0.25, 0.3) is 0 Å². The molecule has 0 radical (unpaired) electrons. The Morgan fingerprint density at radius 1 is 1.45 bits per heavy atom. The normalized spacial score (nSPS) is 10.1. The summed E-state index contributed by atoms with van der Waals surface area (Å²) in [5, 5.41) is 3.10. The summed E-state index contributed by atoms with van der Waals surface area (Å²) in [5.74, 6) is -0.00403. The topological polar surface area (TPSA) is 77.2 Å². The molecule has 1 aromatic carbocycles. The number of nitrogens with one attached hydrogen (secondary N) is 1. The first kappa shape index (κ1) is 14.6. The van der Waals surface area contributed by atoms with Crippen LogP contribution in [0.3, 0.4) is 0 Å². The molecule has 0 aliphatic carbocycles. The number of rotatable bonds is 4. The fourth-order valence-electron chi connectivity index (χ4n) is 1.66. The van der Waals surface area contributed by atoms with Crippen LogP contribution in [0, 0.1) is 3.57 Å². The summed E-state index contributed by atoms with van der Waals surface area (Å²) in [5.41, 5.74) is 7.43. The van der Waals surface area contributed by atoms with E-state index in [-0.39, 0.29) is 5.69 Å². The second-order valence-corrected chi connectivity index (χ2v) is 5.22. The number of nitrogen functional groups attached to an aromatic ring is 1. The minimum atomic E-state index is -0.446. The van der Waals surface area contributed by atoms with Crippen molar-refractivity contribution in [1.29, 1.82) is 0 Å². The minimum absolute atomic E-state index is 0.282. The number of halogens is 1. The molecule has 0 atom stereocenters. The number of aromatic nitrogens is 1. The molecule has 6 heteroatoms. The molecule has 3 N–H and O–H groups in total. The van der Waals surface area contributed by atoms with E-state index in [0.29, 0.717) is 18.0 Å². The summed E-state index contributed by atoms with van der Waals surface area (Å²) in [6.45, 7) is 2.06. The van der Waals surface area contributed by atoms with Gasteiger partial charge in [-0.05, 0) is 53.8 Å². The minimum Gasteiger partial charge on any atom is -0.462 e. The number of ether oxygens (including phenoxy) is 1. The zero-order chi connectivity index (χ0) is 14.5. The van der Waals surface area contributed by atoms with E-state index in [9.17, 15) is 4.79 Å². The van der Waals surface area contributed by atoms with Gasteiger partial charge in [0.15, 0.2) is 5.82 Å². The molecule has 0 saturated heterocycles. The van der Waals surface area contributed by atoms with Crippen LogP contribution in [-0.2, 0) is 4.74 Å². The van der Waals surface area contributed by atoms with Crippen LogP contribution in [-0.4, -0.2) is 17.6 Å². The maximum atomic E-state index is 11.8. The lowest BCUT2D eigenvalue weighted by Gasteiger charge is -2.11. The van der Waals surface area contributed by atoms with Crippen molar-refractivity contribution in [2.45, 2.75) is 6.92 Å². The Balaban J connectivity index is 2.29. The van der Waals surface area contributed by atoms with E-state index in [1.54, 1.807) is 13.0 Å². The number of esters is 1. The summed E-state index contributed by atoms with van der Waals surface area (Å²) in [4.78, 5) is 15.9. The van der Waals surface area contributed by atoms with Gasteiger partial charge in [0, 0.05) is 15.5 Å². The number of anilines is 3. The second-order valence-electron chi connectivity index (χ2n) is 3.98. The molecule has 0 saturated carbocycles. The number of pyridine rings is 1. The molecule has 0 unspecified atom stereocenters. The Hall–Kier alpha value is -1.83. The molecule has 5 nitrogen and oxygen atoms in total. The molecular formula is C14H14IN3O2. The molecule has 0 aliphatic rings. The standard InChI is InChI=1S/C14H14IN3O2/c1-2-20-14(19)11-6-7-17-13(12(11)16)18-10-5-3-4-9(15)8-10/h3-8H,2,16H2,1H3,(H,17,18). The zero-order valence-corrected chi connectivity index (χ0v) is 13.0. The van der Waals surface area contributed by atoms with Gasteiger partial charge in [-0.25, -0.2) is 9.78 Å². The smallest absolute Gasteiger partial charge is 0.340 e. The molecule has 1 aromatic heterocycles. The summed E-state index contributed by atoms with van der Waals surface area (Å²) < 4.78 is 6.05. The maximum Gasteiger partial charge on any atom is 0.340 e. The summed E-state index contributed by atoms with van der Waals surface area (Å²) >= 11 is 2.22. The Kier molecular flexibility index (Phi) is 4.78. The van der Waals surface area contributed by atoms with Gasteiger partial charge in [-0.2, -0.15) is 0 Å². The third kappa shape index (κ3) is 3.38. The molecule has 0 amide bonds. The fraction of sp³-hybridized carbons (Fsp3) is 0.143. The Labute approximate surface area is 130 Å². The number of carbonyl (C=O) groups excluding carboxylic acids is 1. The van der Waals surface area contributed by atoms with Crippen LogP contribution >= 0.6 is 22.6 Å². The van der Waals surface area contributed by atoms with Crippen LogP contribution in [0.4, 0.5) is 17.2 Å². The molecular weight excluding hydrogens is 369 g/mol. The highest BCUT2D eigenvalue weighted by Gasteiger charge is 2.14. The third-order valence-electron chi connectivity index (χ3n) is 2.57. The van der Waals surface area contributed by atoms with Crippen molar-refractivity contribution in [3.63, 3.8) is 0 Å². The number of benzene rings is 1. The van der Waals surface area contributed by atoms with E-state index in [1.807, 2.05) is 24.3 Å². The number of hydrogen-bond acceptors (Lipinski definition) is 5. The Morgan fingerprint density at radius 3 is 2.95 bits per heavy atom. The summed E-state index contributed by atoms with van der Waals surface area (Å²) in [7, 11) is 0. The lowest BCUT2D eigenvalue weighted by atomic mass is 10.2. The van der Waals surface area contributed by atoms with Gasteiger partial charge >= 0.3 is 5.97 Å². The van der Waals surface area contributed by atoms with E-state index in [1.165, 1.54) is 6.20 Å². The molecule has 2 rings (SSSR count). The third-order valence-corrected chi connectivity index (χ3v) is 3.24. The second kappa shape index (κ2) is 6.56. The summed E-state index contributed by atoms with van der Waals surface area (Å²) in [6.07, 6.45) is 1.53. The highest BCUT2D eigenvalue weighted by atomic mass is 127. The van der Waals surface area contributed by atoms with Gasteiger partial charge in [-0.1, -0.05) is 6.07 Å². The van der Waals surface area contributed by atoms with Crippen molar-refractivity contribution in [2.75, 3.05) is 17.7 Å². The van der Waals surface area contributed by atoms with E-state index < -0.39 is 5.97 Å². The largest absolute Gasteiger partial charge is 0.462 e. The van der Waals surface area contributed by atoms with Crippen molar-refractivity contribution >= 4 is 45.8 Å². The summed E-state index contributed by atoms with van der Waals surface area (Å²) in [6, 6.07) is 9.32. The highest BCUT2D eigenvalue weighted by Crippen LogP contribution is 2.25. The van der Waals surface area contributed by atoms with Crippen molar-refractivity contribution in [2.24, 2.45) is 0 Å². The lowest BCUT2D eigenvalue weighted by Crippen LogP contribution is -2.10. The van der Waals surface area contributed by atoms with E-state index in [0.717, 1.165) is 9.26 Å². The fourth-order valence-corrected chi connectivity index (χ4v) is 2.21. The van der Waals surface area contributed by atoms with Crippen LogP contribution in [0.2, 0.25) is 0 Å². The molecule has 20 heavy (non-hydrogen) atoms. The monoisotopic (exact) mass is 383 g/mol. The van der Waals surface area contributed by atoms with Crippen molar-refractivity contribution in [3.8, 4) is 0 Å². The van der Waals surface area contributed by atoms with Gasteiger partial charge in [-0.3, -0.25) is 0 Å². The predicted octanol–water partition coefficient (Wildman–Crippen LogP) is 3.19. The average molecular weight is 383 g/mol. The zero-order valence-electron chi connectivity index (χ0n) is 10.9. The Bertz CT molecular complexity index is 632. The van der Waals surface area contributed by atoms with Gasteiger partial charge in [0.1, 0.15) is 0 Å². The number of hydrogen-bond donors (Lipinski definition) is 2. The number of nitrogens with zero attached hydrogens (tertiary/aromatic N) is 1. The van der Waals surface area contributed by atoms with Gasteiger partial charge in [0.2, 0.25) is 0 Å². The van der Waals surface area contributed by atoms with Crippen LogP contribution in [0.1, 0.15) is 17.3 Å². The number of carbonyl (C=O) groups is 1. The average Bonchev–Trinajstić information content (AvgIpc) is 2.41. The molecule has 0 spiro atoms. The number of nitrogens with two attached hydrogens (primary N) is 1. The maximum absolute atomic E-state index is 11.8. The highest BCUT2D eigenvalue weighted by molar-refractivity contribution is 14.1. The molecule has 0 fully saturated rings. The van der Waals surface area contributed by atoms with E-state index in [2.05, 4.69) is 32.9 Å². The van der Waals surface area contributed by atoms with Gasteiger partial charge in [0.05, 0.1) is 17.9 Å². The Morgan fingerprint density at radius 2 is 2.25 bits per heavy atom. The lowest BCUT2D eigenvalue weighted by molar-refractivity contribution is 0.0527. The molecule has 104 valence electrons. The molecule has 0 aliphatic heterocycles. The predicted molar refractivity (Wildman–Crippen MR) is 87.0 cm³/mol. The van der Waals surface area contributed by atoms with Crippen molar-refractivity contribution in [3.05, 3.63) is 45.7 Å². The quantitative estimate of drug-likeness (QED) is 0.627. The van der Waals surface area contributed by atoms with Crippen LogP contribution in [0.25, 0.3) is 0 Å². The van der Waals surface area contributed by atoms with E-state index in [4.69, 9.17) is 10.5 Å². The van der Waals surface area contributed by atoms with Gasteiger partial charge < -0.3 is 15.8 Å². The SMILES string of the molecule is CCOC(=O)c1ccnc(Nc2cccc(I)c2)c1N. The van der Waals surface area contributed by atoms with Crippen LogP contribution in [0.15, 0.2) is 36.5 Å². The van der Waals surface area contributed by atoms with Crippen molar-refractivity contribution in [1.82, 2.24) is 4.98 Å². The first-order valence-corrected chi connectivity index (χ1v) is 7.14. The van der Waals surface area contributed by atoms with E-state index >= 15 is 0 Å². The van der Waals surface area contributed by atoms with Gasteiger partial charge in [-0.15, -0.1) is 0 Å². The van der Waals surface area contributed by atoms with Crippen LogP contribution in [0.5, 0.6) is 0 Å². The molecule has 1 heterocycles. The first-order valence-electron chi connectivity index (χ1n) is 6.06. The molecule has 2 aromatic rings. The molecule has 0 bridgehead atoms. The van der Waals surface area contributed by atoms with Crippen LogP contribution < -0.4 is 11.1 Å².